The van der Waals surface area contributed by atoms with Gasteiger partial charge in [-0.15, -0.1) is 0 Å². The zero-order valence-corrected chi connectivity index (χ0v) is 10.8. The van der Waals surface area contributed by atoms with Crippen molar-refractivity contribution in [2.24, 2.45) is 11.7 Å². The van der Waals surface area contributed by atoms with E-state index in [1.807, 2.05) is 0 Å². The first kappa shape index (κ1) is 12.3. The van der Waals surface area contributed by atoms with Gasteiger partial charge in [0.1, 0.15) is 6.67 Å². The van der Waals surface area contributed by atoms with Crippen LogP contribution in [0.4, 0.5) is 4.39 Å². The lowest BCUT2D eigenvalue weighted by Gasteiger charge is -2.28. The summed E-state index contributed by atoms with van der Waals surface area (Å²) >= 11 is 9.33. The number of nitrogens with two attached hydrogens (primary N) is 1. The molecule has 0 radical (unpaired) electrons. The molecule has 2 nitrogen and oxygen atoms in total. The summed E-state index contributed by atoms with van der Waals surface area (Å²) in [7, 11) is 0. The highest BCUT2D eigenvalue weighted by Crippen LogP contribution is 2.46. The van der Waals surface area contributed by atoms with Crippen LogP contribution in [0.2, 0.25) is 5.02 Å². The Hall–Kier alpha value is -0.160. The Morgan fingerprint density at radius 2 is 2.25 bits per heavy atom. The van der Waals surface area contributed by atoms with Crippen molar-refractivity contribution in [1.82, 2.24) is 0 Å². The number of alkyl halides is 1. The second kappa shape index (κ2) is 4.26. The fourth-order valence-corrected chi connectivity index (χ4v) is 2.61. The van der Waals surface area contributed by atoms with E-state index in [9.17, 15) is 9.50 Å². The summed E-state index contributed by atoms with van der Waals surface area (Å²) in [6.45, 7) is -0.731. The zero-order valence-electron chi connectivity index (χ0n) is 8.46. The number of halogens is 3. The van der Waals surface area contributed by atoms with Crippen molar-refractivity contribution in [2.45, 2.75) is 18.1 Å². The molecule has 2 rings (SSSR count). The molecule has 0 amide bonds. The molecule has 88 valence electrons. The van der Waals surface area contributed by atoms with Crippen LogP contribution in [0.1, 0.15) is 12.0 Å². The van der Waals surface area contributed by atoms with Crippen molar-refractivity contribution in [2.75, 3.05) is 6.67 Å². The maximum atomic E-state index is 13.2. The minimum Gasteiger partial charge on any atom is -0.393 e. The lowest BCUT2D eigenvalue weighted by atomic mass is 9.87. The molecule has 1 aromatic carbocycles. The Kier molecular flexibility index (Phi) is 3.27. The molecule has 5 heteroatoms. The van der Waals surface area contributed by atoms with Crippen LogP contribution in [0.25, 0.3) is 0 Å². The Morgan fingerprint density at radius 1 is 1.62 bits per heavy atom. The van der Waals surface area contributed by atoms with Crippen molar-refractivity contribution in [1.29, 1.82) is 0 Å². The molecule has 0 heterocycles. The van der Waals surface area contributed by atoms with Crippen molar-refractivity contribution < 1.29 is 9.50 Å². The molecule has 0 aromatic heterocycles. The average molecular weight is 309 g/mol. The summed E-state index contributed by atoms with van der Waals surface area (Å²) in [6, 6.07) is 5.16. The van der Waals surface area contributed by atoms with Gasteiger partial charge in [-0.3, -0.25) is 0 Å². The maximum Gasteiger partial charge on any atom is 0.112 e. The van der Waals surface area contributed by atoms with Gasteiger partial charge >= 0.3 is 0 Å². The fraction of sp³-hybridized carbons (Fsp3) is 0.455. The van der Waals surface area contributed by atoms with Crippen LogP contribution >= 0.6 is 27.5 Å². The number of aliphatic hydroxyl groups excluding tert-OH is 1. The molecular formula is C11H12BrClFNO. The number of aliphatic hydroxyl groups is 1. The number of hydrogen-bond donors (Lipinski definition) is 2. The van der Waals surface area contributed by atoms with Gasteiger partial charge in [0, 0.05) is 15.4 Å². The average Bonchev–Trinajstić information content (AvgIpc) is 2.99. The van der Waals surface area contributed by atoms with E-state index in [0.29, 0.717) is 17.0 Å². The van der Waals surface area contributed by atoms with E-state index in [1.54, 1.807) is 18.2 Å². The van der Waals surface area contributed by atoms with E-state index in [1.165, 1.54) is 0 Å². The summed E-state index contributed by atoms with van der Waals surface area (Å²) in [6.07, 6.45) is 0.0132. The minimum absolute atomic E-state index is 0.246. The molecule has 0 spiro atoms. The first-order valence-electron chi connectivity index (χ1n) is 4.97. The van der Waals surface area contributed by atoms with Crippen LogP contribution in [0.5, 0.6) is 0 Å². The molecule has 1 aromatic rings. The van der Waals surface area contributed by atoms with Crippen LogP contribution in [-0.2, 0) is 5.54 Å². The van der Waals surface area contributed by atoms with Gasteiger partial charge in [0.25, 0.3) is 0 Å². The van der Waals surface area contributed by atoms with E-state index >= 15 is 0 Å². The van der Waals surface area contributed by atoms with Crippen LogP contribution in [0, 0.1) is 5.92 Å². The Bertz CT molecular complexity index is 417. The Morgan fingerprint density at radius 3 is 2.75 bits per heavy atom. The van der Waals surface area contributed by atoms with Crippen molar-refractivity contribution in [3.05, 3.63) is 33.3 Å². The highest BCUT2D eigenvalue weighted by Gasteiger charge is 2.52. The molecule has 1 aliphatic rings. The monoisotopic (exact) mass is 307 g/mol. The highest BCUT2D eigenvalue weighted by molar-refractivity contribution is 9.10. The van der Waals surface area contributed by atoms with Crippen LogP contribution in [0.3, 0.4) is 0 Å². The van der Waals surface area contributed by atoms with Crippen molar-refractivity contribution in [3.8, 4) is 0 Å². The molecule has 0 aliphatic heterocycles. The molecule has 16 heavy (non-hydrogen) atoms. The lowest BCUT2D eigenvalue weighted by Crippen LogP contribution is -2.42. The van der Waals surface area contributed by atoms with Gasteiger partial charge in [0.2, 0.25) is 0 Å². The van der Waals surface area contributed by atoms with E-state index in [0.717, 1.165) is 4.47 Å². The molecule has 1 saturated carbocycles. The second-order valence-electron chi connectivity index (χ2n) is 4.21. The second-order valence-corrected chi connectivity index (χ2v) is 5.53. The third-order valence-corrected chi connectivity index (χ3v) is 3.89. The smallest absolute Gasteiger partial charge is 0.112 e. The maximum absolute atomic E-state index is 13.2. The van der Waals surface area contributed by atoms with Gasteiger partial charge < -0.3 is 10.8 Å². The normalized spacial score (nSPS) is 27.6. The first-order chi connectivity index (χ1) is 7.49. The molecule has 0 bridgehead atoms. The third-order valence-electron chi connectivity index (χ3n) is 3.07. The zero-order chi connectivity index (χ0) is 11.9. The fourth-order valence-electron chi connectivity index (χ4n) is 1.96. The van der Waals surface area contributed by atoms with Crippen molar-refractivity contribution >= 4 is 27.5 Å². The Balaban J connectivity index is 2.43. The van der Waals surface area contributed by atoms with Gasteiger partial charge in [0.15, 0.2) is 0 Å². The van der Waals surface area contributed by atoms with Gasteiger partial charge in [-0.25, -0.2) is 4.39 Å². The first-order valence-corrected chi connectivity index (χ1v) is 6.14. The molecular weight excluding hydrogens is 296 g/mol. The summed E-state index contributed by atoms with van der Waals surface area (Å²) in [5.41, 5.74) is 5.41. The quantitative estimate of drug-likeness (QED) is 0.901. The molecule has 1 fully saturated rings. The molecule has 1 unspecified atom stereocenters. The van der Waals surface area contributed by atoms with E-state index in [4.69, 9.17) is 17.3 Å². The predicted molar refractivity (Wildman–Crippen MR) is 65.1 cm³/mol. The van der Waals surface area contributed by atoms with E-state index in [2.05, 4.69) is 15.9 Å². The van der Waals surface area contributed by atoms with Crippen LogP contribution < -0.4 is 5.73 Å². The summed E-state index contributed by atoms with van der Waals surface area (Å²) in [4.78, 5) is 0. The van der Waals surface area contributed by atoms with E-state index < -0.39 is 18.3 Å². The third kappa shape index (κ3) is 1.99. The predicted octanol–water partition coefficient (Wildman–Crippen LogP) is 2.61. The molecule has 0 saturated heterocycles. The Labute approximate surface area is 107 Å². The summed E-state index contributed by atoms with van der Waals surface area (Å²) in [5.74, 6) is -0.246. The molecule has 3 atom stereocenters. The van der Waals surface area contributed by atoms with Gasteiger partial charge in [0.05, 0.1) is 11.6 Å². The van der Waals surface area contributed by atoms with Crippen LogP contribution in [0.15, 0.2) is 22.7 Å². The molecule has 3 N–H and O–H groups in total. The minimum atomic E-state index is -1.18. The van der Waals surface area contributed by atoms with Crippen LogP contribution in [-0.4, -0.2) is 17.9 Å². The molecule has 1 aliphatic carbocycles. The number of benzene rings is 1. The van der Waals surface area contributed by atoms with E-state index in [-0.39, 0.29) is 5.92 Å². The largest absolute Gasteiger partial charge is 0.393 e. The number of rotatable bonds is 3. The summed E-state index contributed by atoms with van der Waals surface area (Å²) < 4.78 is 14.0. The number of hydrogen-bond acceptors (Lipinski definition) is 2. The lowest BCUT2D eigenvalue weighted by molar-refractivity contribution is 0.198. The topological polar surface area (TPSA) is 46.2 Å². The van der Waals surface area contributed by atoms with Gasteiger partial charge in [-0.2, -0.15) is 0 Å². The standard InChI is InChI=1S/C11H12BrClFNO/c12-6-1-2-9(13)7(3-6)11(15,5-14)8-4-10(8)16/h1-3,8,10,16H,4-5,15H2/t8-,10?,11+/m0/s1. The SMILES string of the molecule is N[C@](CF)(c1cc(Br)ccc1Cl)[C@H]1CC1O. The highest BCUT2D eigenvalue weighted by atomic mass is 79.9. The van der Waals surface area contributed by atoms with Gasteiger partial charge in [-0.1, -0.05) is 27.5 Å². The van der Waals surface area contributed by atoms with Gasteiger partial charge in [-0.05, 0) is 30.2 Å². The summed E-state index contributed by atoms with van der Waals surface area (Å²) in [5, 5.41) is 9.85. The van der Waals surface area contributed by atoms with Crippen molar-refractivity contribution in [3.63, 3.8) is 0 Å².